The lowest BCUT2D eigenvalue weighted by Crippen LogP contribution is -1.98. The Hall–Kier alpha value is -0.840. The highest BCUT2D eigenvalue weighted by atomic mass is 32.2. The number of rotatable bonds is 2. The summed E-state index contributed by atoms with van der Waals surface area (Å²) in [6, 6.07) is 7.11. The largest absolute Gasteiger partial charge is 0.392 e. The zero-order valence-corrected chi connectivity index (χ0v) is 9.82. The van der Waals surface area contributed by atoms with Gasteiger partial charge < -0.3 is 5.11 Å². The van der Waals surface area contributed by atoms with Crippen molar-refractivity contribution in [3.8, 4) is 0 Å². The summed E-state index contributed by atoms with van der Waals surface area (Å²) in [5.41, 5.74) is 0.897. The Morgan fingerprint density at radius 2 is 2.20 bits per heavy atom. The lowest BCUT2D eigenvalue weighted by molar-refractivity contribution is 0.282. The molecule has 0 aliphatic heterocycles. The summed E-state index contributed by atoms with van der Waals surface area (Å²) in [7, 11) is 0. The monoisotopic (exact) mass is 238 g/mol. The smallest absolute Gasteiger partial charge is 0.189 e. The number of thioether (sulfide) groups is 1. The quantitative estimate of drug-likeness (QED) is 0.817. The zero-order chi connectivity index (χ0) is 10.8. The molecule has 0 aliphatic rings. The van der Waals surface area contributed by atoms with Gasteiger partial charge in [-0.3, -0.25) is 4.79 Å². The number of aliphatic hydroxyl groups is 1. The third kappa shape index (κ3) is 2.07. The average Bonchev–Trinajstić information content (AvgIpc) is 2.28. The lowest BCUT2D eigenvalue weighted by atomic mass is 10.2. The normalized spacial score (nSPS) is 10.8. The maximum Gasteiger partial charge on any atom is 0.189 e. The van der Waals surface area contributed by atoms with Crippen LogP contribution in [0.4, 0.5) is 0 Å². The molecule has 0 fully saturated rings. The first-order valence-electron chi connectivity index (χ1n) is 4.46. The molecule has 0 aliphatic carbocycles. The molecule has 1 N–H and O–H groups in total. The topological polar surface area (TPSA) is 37.3 Å². The molecule has 2 rings (SSSR count). The molecule has 0 amide bonds. The Morgan fingerprint density at radius 3 is 2.87 bits per heavy atom. The van der Waals surface area contributed by atoms with E-state index in [2.05, 4.69) is 0 Å². The molecule has 0 spiro atoms. The highest BCUT2D eigenvalue weighted by Crippen LogP contribution is 2.26. The van der Waals surface area contributed by atoms with Crippen LogP contribution >= 0.6 is 23.1 Å². The minimum absolute atomic E-state index is 0.0142. The van der Waals surface area contributed by atoms with Crippen LogP contribution in [0.1, 0.15) is 5.56 Å². The van der Waals surface area contributed by atoms with Crippen molar-refractivity contribution < 1.29 is 5.11 Å². The molecule has 78 valence electrons. The summed E-state index contributed by atoms with van der Waals surface area (Å²) < 4.78 is 1.95. The molecular weight excluding hydrogens is 228 g/mol. The van der Waals surface area contributed by atoms with Gasteiger partial charge in [0.25, 0.3) is 0 Å². The van der Waals surface area contributed by atoms with Gasteiger partial charge in [0.05, 0.1) is 10.8 Å². The molecular formula is C11H10O2S2. The van der Waals surface area contributed by atoms with Crippen LogP contribution in [0, 0.1) is 0 Å². The van der Waals surface area contributed by atoms with Crippen LogP contribution in [0.2, 0.25) is 0 Å². The lowest BCUT2D eigenvalue weighted by Gasteiger charge is -2.01. The van der Waals surface area contributed by atoms with Gasteiger partial charge in [-0.15, -0.1) is 23.1 Å². The van der Waals surface area contributed by atoms with Crippen molar-refractivity contribution in [2.24, 2.45) is 0 Å². The van der Waals surface area contributed by atoms with Crippen LogP contribution in [-0.4, -0.2) is 11.4 Å². The third-order valence-electron chi connectivity index (χ3n) is 2.15. The molecule has 0 bridgehead atoms. The first kappa shape index (κ1) is 10.7. The van der Waals surface area contributed by atoms with Crippen molar-refractivity contribution >= 4 is 33.2 Å². The van der Waals surface area contributed by atoms with Gasteiger partial charge in [0, 0.05) is 16.2 Å². The highest BCUT2D eigenvalue weighted by Gasteiger charge is 2.03. The predicted molar refractivity (Wildman–Crippen MR) is 65.8 cm³/mol. The fraction of sp³-hybridized carbons (Fsp3) is 0.182. The summed E-state index contributed by atoms with van der Waals surface area (Å²) >= 11 is 3.15. The van der Waals surface area contributed by atoms with Crippen molar-refractivity contribution in [3.05, 3.63) is 40.1 Å². The summed E-state index contributed by atoms with van der Waals surface area (Å²) in [6.45, 7) is 0.0142. The molecule has 0 atom stereocenters. The van der Waals surface area contributed by atoms with Gasteiger partial charge >= 0.3 is 0 Å². The van der Waals surface area contributed by atoms with Crippen molar-refractivity contribution in [3.63, 3.8) is 0 Å². The van der Waals surface area contributed by atoms with Crippen LogP contribution in [0.15, 0.2) is 33.3 Å². The molecule has 2 aromatic rings. The Labute approximate surface area is 95.6 Å². The number of benzene rings is 1. The van der Waals surface area contributed by atoms with Crippen molar-refractivity contribution in [1.82, 2.24) is 0 Å². The molecule has 0 saturated carbocycles. The minimum atomic E-state index is 0.0142. The van der Waals surface area contributed by atoms with Crippen LogP contribution < -0.4 is 5.43 Å². The summed E-state index contributed by atoms with van der Waals surface area (Å²) in [6.07, 6.45) is 1.95. The van der Waals surface area contributed by atoms with E-state index in [1.807, 2.05) is 12.3 Å². The molecule has 1 aromatic heterocycles. The van der Waals surface area contributed by atoms with Crippen molar-refractivity contribution in [1.29, 1.82) is 0 Å². The van der Waals surface area contributed by atoms with E-state index in [-0.39, 0.29) is 12.0 Å². The molecule has 4 heteroatoms. The second-order valence-corrected chi connectivity index (χ2v) is 5.31. The number of fused-ring (bicyclic) bond motifs is 1. The van der Waals surface area contributed by atoms with Crippen LogP contribution in [0.5, 0.6) is 0 Å². The van der Waals surface area contributed by atoms with Gasteiger partial charge in [-0.05, 0) is 24.0 Å². The molecule has 15 heavy (non-hydrogen) atoms. The Morgan fingerprint density at radius 1 is 1.40 bits per heavy atom. The second-order valence-electron chi connectivity index (χ2n) is 3.12. The first-order valence-corrected chi connectivity index (χ1v) is 6.50. The molecule has 0 saturated heterocycles. The summed E-state index contributed by atoms with van der Waals surface area (Å²) in [5, 5.41) is 9.75. The second kappa shape index (κ2) is 4.35. The number of aliphatic hydroxyl groups excluding tert-OH is 1. The van der Waals surface area contributed by atoms with Gasteiger partial charge in [0.2, 0.25) is 0 Å². The minimum Gasteiger partial charge on any atom is -0.392 e. The van der Waals surface area contributed by atoms with E-state index in [1.54, 1.807) is 41.3 Å². The van der Waals surface area contributed by atoms with E-state index in [9.17, 15) is 4.79 Å². The van der Waals surface area contributed by atoms with Gasteiger partial charge in [0.1, 0.15) is 0 Å². The van der Waals surface area contributed by atoms with E-state index < -0.39 is 0 Å². The maximum atomic E-state index is 11.7. The van der Waals surface area contributed by atoms with E-state index in [4.69, 9.17) is 5.11 Å². The number of hydrogen-bond donors (Lipinski definition) is 1. The first-order chi connectivity index (χ1) is 7.24. The standard InChI is InChI=1S/C11H10O2S2/c1-14-11-5-9(13)8-3-2-7(6-12)4-10(8)15-11/h2-5,12H,6H2,1H3. The molecule has 1 heterocycles. The van der Waals surface area contributed by atoms with Gasteiger partial charge in [0.15, 0.2) is 5.43 Å². The Balaban J connectivity index is 2.75. The fourth-order valence-electron chi connectivity index (χ4n) is 1.38. The predicted octanol–water partition coefficient (Wildman–Crippen LogP) is 2.48. The Bertz CT molecular complexity index is 541. The summed E-state index contributed by atoms with van der Waals surface area (Å²) in [4.78, 5) is 11.7. The van der Waals surface area contributed by atoms with E-state index in [1.165, 1.54) is 0 Å². The number of hydrogen-bond acceptors (Lipinski definition) is 4. The van der Waals surface area contributed by atoms with Crippen molar-refractivity contribution in [2.45, 2.75) is 10.8 Å². The third-order valence-corrected chi connectivity index (χ3v) is 4.30. The van der Waals surface area contributed by atoms with Crippen LogP contribution in [-0.2, 0) is 6.61 Å². The fourth-order valence-corrected chi connectivity index (χ4v) is 3.08. The van der Waals surface area contributed by atoms with E-state index >= 15 is 0 Å². The average molecular weight is 238 g/mol. The van der Waals surface area contributed by atoms with E-state index in [0.717, 1.165) is 19.9 Å². The molecule has 2 nitrogen and oxygen atoms in total. The van der Waals surface area contributed by atoms with E-state index in [0.29, 0.717) is 0 Å². The Kier molecular flexibility index (Phi) is 3.09. The maximum absolute atomic E-state index is 11.7. The van der Waals surface area contributed by atoms with Gasteiger partial charge in [-0.25, -0.2) is 0 Å². The highest BCUT2D eigenvalue weighted by molar-refractivity contribution is 8.00. The van der Waals surface area contributed by atoms with Gasteiger partial charge in [-0.1, -0.05) is 6.07 Å². The molecule has 0 radical (unpaired) electrons. The van der Waals surface area contributed by atoms with Crippen LogP contribution in [0.25, 0.3) is 10.1 Å². The van der Waals surface area contributed by atoms with Crippen LogP contribution in [0.3, 0.4) is 0 Å². The molecule has 0 unspecified atom stereocenters. The SMILES string of the molecule is CSc1cc(=O)c2ccc(CO)cc2s1. The zero-order valence-electron chi connectivity index (χ0n) is 8.19. The molecule has 1 aromatic carbocycles. The van der Waals surface area contributed by atoms with Crippen molar-refractivity contribution in [2.75, 3.05) is 6.26 Å². The summed E-state index contributed by atoms with van der Waals surface area (Å²) in [5.74, 6) is 0. The van der Waals surface area contributed by atoms with Gasteiger partial charge in [-0.2, -0.15) is 0 Å².